The number of thiazole rings is 1. The molecule has 2 heterocycles. The lowest BCUT2D eigenvalue weighted by Gasteiger charge is -2.31. The number of aliphatic hydroxyl groups is 1. The van der Waals surface area contributed by atoms with Crippen molar-refractivity contribution >= 4 is 28.2 Å². The topological polar surface area (TPSA) is 45.6 Å². The van der Waals surface area contributed by atoms with Gasteiger partial charge in [-0.05, 0) is 6.42 Å². The van der Waals surface area contributed by atoms with E-state index in [2.05, 4.69) is 16.8 Å². The molecule has 0 radical (unpaired) electrons. The quantitative estimate of drug-likeness (QED) is 0.899. The standard InChI is InChI=1S/C12H20N2O2S2/c1-3-9-6-14(4-5-17-9)12-13-10(8-16-2)11(7-15)18-12/h9,15H,3-8H2,1-2H3. The van der Waals surface area contributed by atoms with Crippen LogP contribution in [0, 0.1) is 0 Å². The number of anilines is 1. The minimum atomic E-state index is 0.0517. The number of ether oxygens (including phenoxy) is 1. The fourth-order valence-corrected chi connectivity index (χ4v) is 4.16. The zero-order valence-corrected chi connectivity index (χ0v) is 12.5. The Hall–Kier alpha value is -0.300. The Morgan fingerprint density at radius 2 is 2.39 bits per heavy atom. The van der Waals surface area contributed by atoms with Gasteiger partial charge < -0.3 is 14.7 Å². The second-order valence-electron chi connectivity index (χ2n) is 4.30. The highest BCUT2D eigenvalue weighted by Gasteiger charge is 2.22. The molecule has 4 nitrogen and oxygen atoms in total. The summed E-state index contributed by atoms with van der Waals surface area (Å²) in [6.45, 7) is 4.87. The zero-order chi connectivity index (χ0) is 13.0. The van der Waals surface area contributed by atoms with E-state index >= 15 is 0 Å². The third-order valence-corrected chi connectivity index (χ3v) is 5.57. The van der Waals surface area contributed by atoms with Crippen LogP contribution in [0.4, 0.5) is 5.13 Å². The van der Waals surface area contributed by atoms with Crippen LogP contribution in [0.3, 0.4) is 0 Å². The van der Waals surface area contributed by atoms with Crippen LogP contribution in [0.2, 0.25) is 0 Å². The van der Waals surface area contributed by atoms with Crippen molar-refractivity contribution in [2.45, 2.75) is 31.8 Å². The average molecular weight is 288 g/mol. The Bertz CT molecular complexity index is 384. The van der Waals surface area contributed by atoms with Crippen LogP contribution in [-0.4, -0.2) is 41.3 Å². The van der Waals surface area contributed by atoms with Gasteiger partial charge in [0, 0.05) is 31.2 Å². The molecular formula is C12H20N2O2S2. The number of hydrogen-bond donors (Lipinski definition) is 1. The van der Waals surface area contributed by atoms with E-state index in [9.17, 15) is 5.11 Å². The molecule has 102 valence electrons. The van der Waals surface area contributed by atoms with E-state index in [1.807, 2.05) is 11.8 Å². The van der Waals surface area contributed by atoms with Gasteiger partial charge >= 0.3 is 0 Å². The van der Waals surface area contributed by atoms with Gasteiger partial charge in [0.2, 0.25) is 0 Å². The summed E-state index contributed by atoms with van der Waals surface area (Å²) in [5.41, 5.74) is 0.881. The first-order valence-corrected chi connectivity index (χ1v) is 8.10. The molecule has 0 amide bonds. The van der Waals surface area contributed by atoms with Gasteiger partial charge in [-0.3, -0.25) is 0 Å². The second kappa shape index (κ2) is 6.75. The highest BCUT2D eigenvalue weighted by atomic mass is 32.2. The second-order valence-corrected chi connectivity index (χ2v) is 6.77. The fraction of sp³-hybridized carbons (Fsp3) is 0.750. The maximum Gasteiger partial charge on any atom is 0.186 e. The Morgan fingerprint density at radius 3 is 3.06 bits per heavy atom. The van der Waals surface area contributed by atoms with Crippen molar-refractivity contribution < 1.29 is 9.84 Å². The van der Waals surface area contributed by atoms with Gasteiger partial charge in [-0.15, -0.1) is 0 Å². The third-order valence-electron chi connectivity index (χ3n) is 3.06. The summed E-state index contributed by atoms with van der Waals surface area (Å²) in [6, 6.07) is 0. The van der Waals surface area contributed by atoms with Crippen molar-refractivity contribution in [1.29, 1.82) is 0 Å². The average Bonchev–Trinajstić information content (AvgIpc) is 2.82. The Labute approximate surface area is 116 Å². The van der Waals surface area contributed by atoms with Crippen LogP contribution in [0.25, 0.3) is 0 Å². The number of methoxy groups -OCH3 is 1. The third kappa shape index (κ3) is 3.17. The Morgan fingerprint density at radius 1 is 1.56 bits per heavy atom. The summed E-state index contributed by atoms with van der Waals surface area (Å²) in [5, 5.41) is 11.1. The van der Waals surface area contributed by atoms with Crippen LogP contribution in [0.15, 0.2) is 0 Å². The van der Waals surface area contributed by atoms with E-state index in [1.165, 1.54) is 6.42 Å². The SMILES string of the molecule is CCC1CN(c2nc(COC)c(CO)s2)CCS1. The van der Waals surface area contributed by atoms with Crippen LogP contribution in [0.5, 0.6) is 0 Å². The minimum absolute atomic E-state index is 0.0517. The number of nitrogens with zero attached hydrogens (tertiary/aromatic N) is 2. The van der Waals surface area contributed by atoms with E-state index in [-0.39, 0.29) is 6.61 Å². The fourth-order valence-electron chi connectivity index (χ4n) is 2.02. The van der Waals surface area contributed by atoms with Crippen LogP contribution < -0.4 is 4.90 Å². The monoisotopic (exact) mass is 288 g/mol. The molecule has 0 aliphatic carbocycles. The first kappa shape index (κ1) is 14.1. The van der Waals surface area contributed by atoms with Gasteiger partial charge in [-0.2, -0.15) is 11.8 Å². The van der Waals surface area contributed by atoms with Gasteiger partial charge in [0.1, 0.15) is 0 Å². The maximum absolute atomic E-state index is 9.35. The minimum Gasteiger partial charge on any atom is -0.391 e. The number of thioether (sulfide) groups is 1. The number of hydrogen-bond acceptors (Lipinski definition) is 6. The zero-order valence-electron chi connectivity index (χ0n) is 10.9. The number of rotatable bonds is 5. The van der Waals surface area contributed by atoms with Crippen molar-refractivity contribution in [2.24, 2.45) is 0 Å². The summed E-state index contributed by atoms with van der Waals surface area (Å²) in [6.07, 6.45) is 1.20. The molecule has 1 aromatic rings. The Balaban J connectivity index is 2.12. The van der Waals surface area contributed by atoms with Gasteiger partial charge in [0.15, 0.2) is 5.13 Å². The maximum atomic E-state index is 9.35. The molecule has 18 heavy (non-hydrogen) atoms. The molecule has 6 heteroatoms. The Kier molecular flexibility index (Phi) is 5.29. The smallest absolute Gasteiger partial charge is 0.186 e. The largest absolute Gasteiger partial charge is 0.391 e. The van der Waals surface area contributed by atoms with Crippen molar-refractivity contribution in [3.8, 4) is 0 Å². The molecule has 1 aromatic heterocycles. The van der Waals surface area contributed by atoms with E-state index in [0.717, 1.165) is 34.5 Å². The predicted octanol–water partition coefficient (Wildman–Crippen LogP) is 2.11. The number of aliphatic hydroxyl groups excluding tert-OH is 1. The molecule has 0 aromatic carbocycles. The molecule has 1 aliphatic rings. The first-order chi connectivity index (χ1) is 8.78. The molecule has 2 rings (SSSR count). The lowest BCUT2D eigenvalue weighted by Crippen LogP contribution is -2.37. The lowest BCUT2D eigenvalue weighted by atomic mass is 10.3. The summed E-state index contributed by atoms with van der Waals surface area (Å²) in [7, 11) is 1.66. The van der Waals surface area contributed by atoms with E-state index in [4.69, 9.17) is 4.74 Å². The number of aromatic nitrogens is 1. The van der Waals surface area contributed by atoms with Gasteiger partial charge in [0.05, 0.1) is 23.8 Å². The van der Waals surface area contributed by atoms with Crippen LogP contribution >= 0.6 is 23.1 Å². The molecular weight excluding hydrogens is 268 g/mol. The van der Waals surface area contributed by atoms with E-state index in [1.54, 1.807) is 18.4 Å². The molecule has 0 bridgehead atoms. The van der Waals surface area contributed by atoms with E-state index < -0.39 is 0 Å². The van der Waals surface area contributed by atoms with Crippen molar-refractivity contribution in [1.82, 2.24) is 4.98 Å². The molecule has 1 atom stereocenters. The van der Waals surface area contributed by atoms with Crippen LogP contribution in [0.1, 0.15) is 23.9 Å². The highest BCUT2D eigenvalue weighted by molar-refractivity contribution is 8.00. The first-order valence-electron chi connectivity index (χ1n) is 6.23. The van der Waals surface area contributed by atoms with Crippen molar-refractivity contribution in [2.75, 3.05) is 30.9 Å². The molecule has 1 saturated heterocycles. The van der Waals surface area contributed by atoms with Crippen molar-refractivity contribution in [3.05, 3.63) is 10.6 Å². The summed E-state index contributed by atoms with van der Waals surface area (Å²) >= 11 is 3.64. The highest BCUT2D eigenvalue weighted by Crippen LogP contribution is 2.31. The van der Waals surface area contributed by atoms with Gasteiger partial charge in [-0.1, -0.05) is 18.3 Å². The molecule has 1 unspecified atom stereocenters. The van der Waals surface area contributed by atoms with Crippen molar-refractivity contribution in [3.63, 3.8) is 0 Å². The molecule has 1 fully saturated rings. The van der Waals surface area contributed by atoms with E-state index in [0.29, 0.717) is 11.9 Å². The lowest BCUT2D eigenvalue weighted by molar-refractivity contribution is 0.179. The van der Waals surface area contributed by atoms with Crippen LogP contribution in [-0.2, 0) is 18.0 Å². The van der Waals surface area contributed by atoms with Gasteiger partial charge in [0.25, 0.3) is 0 Å². The normalized spacial score (nSPS) is 20.4. The molecule has 1 N–H and O–H groups in total. The molecule has 1 aliphatic heterocycles. The van der Waals surface area contributed by atoms with Gasteiger partial charge in [-0.25, -0.2) is 4.98 Å². The summed E-state index contributed by atoms with van der Waals surface area (Å²) in [4.78, 5) is 7.88. The summed E-state index contributed by atoms with van der Waals surface area (Å²) in [5.74, 6) is 1.16. The predicted molar refractivity (Wildman–Crippen MR) is 77.5 cm³/mol. The molecule has 0 saturated carbocycles. The summed E-state index contributed by atoms with van der Waals surface area (Å²) < 4.78 is 5.12. The molecule has 0 spiro atoms.